The van der Waals surface area contributed by atoms with E-state index in [2.05, 4.69) is 44.7 Å². The summed E-state index contributed by atoms with van der Waals surface area (Å²) in [6, 6.07) is 16.0. The standard InChI is InChI=1S/C33H34N8O3/c1-21-14-23(16-26-19-35-38-31(21)26)15-25(32-37-29(39-44-32)17-22-6-10-34-11-7-22)18-30(42)40-12-8-27(9-13-40)41-20-24-4-2-3-5-28(24)36-33(41)43/h2-7,10-11,14,16,19,25,27H,8-9,12-13,15,17-18,20H2,1H3,(H,35,38)(H,36,43). The highest BCUT2D eigenvalue weighted by Crippen LogP contribution is 2.30. The van der Waals surface area contributed by atoms with Gasteiger partial charge in [0, 0.05) is 62.0 Å². The number of hydrogen-bond donors (Lipinski definition) is 2. The van der Waals surface area contributed by atoms with Crippen LogP contribution in [0.25, 0.3) is 10.9 Å². The summed E-state index contributed by atoms with van der Waals surface area (Å²) in [5.41, 5.74) is 6.20. The zero-order valence-corrected chi connectivity index (χ0v) is 24.6. The lowest BCUT2D eigenvalue weighted by Gasteiger charge is -2.40. The number of nitrogens with zero attached hydrogens (tertiary/aromatic N) is 6. The van der Waals surface area contributed by atoms with Crippen LogP contribution in [-0.2, 0) is 24.2 Å². The summed E-state index contributed by atoms with van der Waals surface area (Å²) in [5, 5.41) is 15.5. The number of likely N-dealkylation sites (tertiary alicyclic amines) is 1. The summed E-state index contributed by atoms with van der Waals surface area (Å²) in [6.07, 6.45) is 8.12. The Morgan fingerprint density at radius 1 is 1.09 bits per heavy atom. The van der Waals surface area contributed by atoms with Crippen molar-refractivity contribution < 1.29 is 14.1 Å². The van der Waals surface area contributed by atoms with Crippen LogP contribution in [0.4, 0.5) is 10.5 Å². The minimum Gasteiger partial charge on any atom is -0.343 e. The lowest BCUT2D eigenvalue weighted by Crippen LogP contribution is -2.51. The van der Waals surface area contributed by atoms with Crippen LogP contribution in [-0.4, -0.2) is 66.2 Å². The van der Waals surface area contributed by atoms with E-state index in [0.717, 1.165) is 51.7 Å². The van der Waals surface area contributed by atoms with Gasteiger partial charge in [0.15, 0.2) is 5.82 Å². The molecule has 2 N–H and O–H groups in total. The maximum atomic E-state index is 13.7. The molecule has 3 amide bonds. The molecule has 0 bridgehead atoms. The number of pyridine rings is 1. The van der Waals surface area contributed by atoms with E-state index in [4.69, 9.17) is 9.51 Å². The van der Waals surface area contributed by atoms with Gasteiger partial charge in [-0.25, -0.2) is 4.79 Å². The van der Waals surface area contributed by atoms with Gasteiger partial charge in [0.05, 0.1) is 17.6 Å². The van der Waals surface area contributed by atoms with Crippen molar-refractivity contribution in [3.05, 3.63) is 101 Å². The second-order valence-corrected chi connectivity index (χ2v) is 11.8. The van der Waals surface area contributed by atoms with Crippen LogP contribution < -0.4 is 5.32 Å². The quantitative estimate of drug-likeness (QED) is 0.260. The van der Waals surface area contributed by atoms with Crippen LogP contribution in [0.2, 0.25) is 0 Å². The summed E-state index contributed by atoms with van der Waals surface area (Å²) in [7, 11) is 0. The van der Waals surface area contributed by atoms with E-state index in [9.17, 15) is 9.59 Å². The molecular weight excluding hydrogens is 556 g/mol. The molecule has 3 aromatic heterocycles. The zero-order chi connectivity index (χ0) is 30.0. The number of para-hydroxylation sites is 1. The van der Waals surface area contributed by atoms with Crippen LogP contribution in [0.5, 0.6) is 0 Å². The minimum absolute atomic E-state index is 0.0527. The van der Waals surface area contributed by atoms with Crippen molar-refractivity contribution >= 4 is 28.5 Å². The van der Waals surface area contributed by atoms with Crippen molar-refractivity contribution in [1.29, 1.82) is 0 Å². The molecule has 0 aliphatic carbocycles. The van der Waals surface area contributed by atoms with Crippen molar-refractivity contribution in [2.45, 2.75) is 57.5 Å². The Bertz CT molecular complexity index is 1790. The van der Waals surface area contributed by atoms with E-state index in [1.807, 2.05) is 52.4 Å². The zero-order valence-electron chi connectivity index (χ0n) is 24.6. The van der Waals surface area contributed by atoms with E-state index in [1.54, 1.807) is 12.4 Å². The van der Waals surface area contributed by atoms with Crippen LogP contribution in [0, 0.1) is 6.92 Å². The van der Waals surface area contributed by atoms with Gasteiger partial charge in [0.2, 0.25) is 11.8 Å². The topological polar surface area (TPSA) is 133 Å². The third-order valence-electron chi connectivity index (χ3n) is 8.77. The van der Waals surface area contributed by atoms with Gasteiger partial charge in [-0.15, -0.1) is 0 Å². The number of aromatic nitrogens is 5. The smallest absolute Gasteiger partial charge is 0.322 e. The Hall–Kier alpha value is -5.06. The second kappa shape index (κ2) is 11.9. The fraction of sp³-hybridized carbons (Fsp3) is 0.333. The lowest BCUT2D eigenvalue weighted by atomic mass is 9.93. The largest absolute Gasteiger partial charge is 0.343 e. The third kappa shape index (κ3) is 5.77. The lowest BCUT2D eigenvalue weighted by molar-refractivity contribution is -0.133. The number of amides is 3. The number of anilines is 1. The number of carbonyl (C=O) groups is 2. The molecule has 0 saturated carbocycles. The maximum Gasteiger partial charge on any atom is 0.322 e. The molecular formula is C33H34N8O3. The third-order valence-corrected chi connectivity index (χ3v) is 8.77. The van der Waals surface area contributed by atoms with Crippen LogP contribution in [0.3, 0.4) is 0 Å². The number of H-pyrrole nitrogens is 1. The summed E-state index contributed by atoms with van der Waals surface area (Å²) in [6.45, 7) is 3.83. The molecule has 11 heteroatoms. The molecule has 1 atom stereocenters. The number of piperidine rings is 1. The average molecular weight is 591 g/mol. The Morgan fingerprint density at radius 3 is 2.75 bits per heavy atom. The molecule has 7 rings (SSSR count). The first-order valence-corrected chi connectivity index (χ1v) is 15.1. The van der Waals surface area contributed by atoms with Crippen molar-refractivity contribution in [1.82, 2.24) is 35.1 Å². The highest BCUT2D eigenvalue weighted by molar-refractivity contribution is 5.92. The van der Waals surface area contributed by atoms with Gasteiger partial charge in [-0.3, -0.25) is 14.9 Å². The molecule has 5 heterocycles. The molecule has 2 aliphatic rings. The first kappa shape index (κ1) is 27.8. The van der Waals surface area contributed by atoms with Crippen molar-refractivity contribution in [3.8, 4) is 0 Å². The number of urea groups is 1. The first-order chi connectivity index (χ1) is 21.5. The van der Waals surface area contributed by atoms with Crippen molar-refractivity contribution in [2.24, 2.45) is 0 Å². The minimum atomic E-state index is -0.285. The summed E-state index contributed by atoms with van der Waals surface area (Å²) in [4.78, 5) is 39.2. The monoisotopic (exact) mass is 590 g/mol. The second-order valence-electron chi connectivity index (χ2n) is 11.8. The van der Waals surface area contributed by atoms with Gasteiger partial charge in [0.25, 0.3) is 0 Å². The van der Waals surface area contributed by atoms with E-state index >= 15 is 0 Å². The van der Waals surface area contributed by atoms with E-state index in [-0.39, 0.29) is 30.3 Å². The van der Waals surface area contributed by atoms with Crippen LogP contribution >= 0.6 is 0 Å². The Kier molecular flexibility index (Phi) is 7.51. The predicted molar refractivity (Wildman–Crippen MR) is 164 cm³/mol. The van der Waals surface area contributed by atoms with Gasteiger partial charge in [0.1, 0.15) is 0 Å². The summed E-state index contributed by atoms with van der Waals surface area (Å²) >= 11 is 0. The molecule has 1 saturated heterocycles. The van der Waals surface area contributed by atoms with Gasteiger partial charge in [-0.05, 0) is 72.7 Å². The number of carbonyl (C=O) groups excluding carboxylic acids is 2. The summed E-state index contributed by atoms with van der Waals surface area (Å²) < 4.78 is 5.78. The molecule has 1 fully saturated rings. The van der Waals surface area contributed by atoms with Gasteiger partial charge >= 0.3 is 6.03 Å². The number of aromatic amines is 1. The highest BCUT2D eigenvalue weighted by atomic mass is 16.5. The normalized spacial score (nSPS) is 16.2. The SMILES string of the molecule is Cc1cc(CC(CC(=O)N2CCC(N3Cc4ccccc4NC3=O)CC2)c2nc(Cc3ccncc3)no2)cc2cn[nH]c12. The Labute approximate surface area is 254 Å². The number of nitrogens with one attached hydrogen (secondary N) is 2. The molecule has 0 radical (unpaired) electrons. The number of rotatable bonds is 8. The Balaban J connectivity index is 1.05. The number of fused-ring (bicyclic) bond motifs is 2. The summed E-state index contributed by atoms with van der Waals surface area (Å²) in [5.74, 6) is 0.808. The molecule has 0 spiro atoms. The van der Waals surface area contributed by atoms with Crippen LogP contribution in [0.1, 0.15) is 59.1 Å². The molecule has 2 aromatic carbocycles. The number of benzene rings is 2. The highest BCUT2D eigenvalue weighted by Gasteiger charge is 2.34. The van der Waals surface area contributed by atoms with Crippen molar-refractivity contribution in [3.63, 3.8) is 0 Å². The van der Waals surface area contributed by atoms with Gasteiger partial charge in [-0.2, -0.15) is 10.1 Å². The van der Waals surface area contributed by atoms with E-state index in [1.165, 1.54) is 0 Å². The Morgan fingerprint density at radius 2 is 1.91 bits per heavy atom. The van der Waals surface area contributed by atoms with Gasteiger partial charge < -0.3 is 19.6 Å². The van der Waals surface area contributed by atoms with E-state index < -0.39 is 0 Å². The molecule has 44 heavy (non-hydrogen) atoms. The molecule has 2 aliphatic heterocycles. The molecule has 224 valence electrons. The fourth-order valence-electron chi connectivity index (χ4n) is 6.43. The van der Waals surface area contributed by atoms with Gasteiger partial charge in [-0.1, -0.05) is 29.4 Å². The maximum absolute atomic E-state index is 13.7. The van der Waals surface area contributed by atoms with Crippen molar-refractivity contribution in [2.75, 3.05) is 18.4 Å². The molecule has 1 unspecified atom stereocenters. The first-order valence-electron chi connectivity index (χ1n) is 15.1. The number of hydrogen-bond acceptors (Lipinski definition) is 7. The van der Waals surface area contributed by atoms with E-state index in [0.29, 0.717) is 44.2 Å². The molecule has 11 nitrogen and oxygen atoms in total. The number of aryl methyl sites for hydroxylation is 1. The van der Waals surface area contributed by atoms with Crippen LogP contribution in [0.15, 0.2) is 71.6 Å². The average Bonchev–Trinajstić information content (AvgIpc) is 3.71. The fourth-order valence-corrected chi connectivity index (χ4v) is 6.43. The molecule has 5 aromatic rings. The predicted octanol–water partition coefficient (Wildman–Crippen LogP) is 5.00.